The second-order valence-electron chi connectivity index (χ2n) is 7.14. The van der Waals surface area contributed by atoms with Gasteiger partial charge in [0.1, 0.15) is 5.75 Å². The lowest BCUT2D eigenvalue weighted by Crippen LogP contribution is -2.41. The average Bonchev–Trinajstić information content (AvgIpc) is 2.69. The maximum atomic E-state index is 12.7. The highest BCUT2D eigenvalue weighted by molar-refractivity contribution is 7.92. The minimum atomic E-state index is -3.70. The summed E-state index contributed by atoms with van der Waals surface area (Å²) in [6, 6.07) is 14.4. The minimum absolute atomic E-state index is 0.0331. The summed E-state index contributed by atoms with van der Waals surface area (Å²) in [4.78, 5) is 26.0. The van der Waals surface area contributed by atoms with Crippen molar-refractivity contribution < 1.29 is 18.0 Å². The van der Waals surface area contributed by atoms with Gasteiger partial charge in [-0.1, -0.05) is 30.3 Å². The monoisotopic (exact) mass is 399 g/mol. The summed E-state index contributed by atoms with van der Waals surface area (Å²) in [6.07, 6.45) is 1.95. The van der Waals surface area contributed by atoms with Crippen LogP contribution in [0, 0.1) is 0 Å². The van der Waals surface area contributed by atoms with E-state index in [4.69, 9.17) is 0 Å². The second-order valence-corrected chi connectivity index (χ2v) is 9.10. The molecule has 0 aromatic heterocycles. The van der Waals surface area contributed by atoms with E-state index in [-0.39, 0.29) is 16.6 Å². The zero-order chi connectivity index (χ0) is 19.7. The molecule has 3 amide bonds. The fourth-order valence-corrected chi connectivity index (χ4v) is 5.09. The van der Waals surface area contributed by atoms with Crippen molar-refractivity contribution in [1.29, 1.82) is 0 Å². The van der Waals surface area contributed by atoms with Gasteiger partial charge in [-0.25, -0.2) is 13.2 Å². The van der Waals surface area contributed by atoms with E-state index in [2.05, 4.69) is 22.8 Å². The summed E-state index contributed by atoms with van der Waals surface area (Å²) < 4.78 is 24.5. The molecule has 1 saturated heterocycles. The molecule has 2 aromatic carbocycles. The molecule has 146 valence electrons. The first kappa shape index (κ1) is 18.5. The molecule has 7 nitrogen and oxygen atoms in total. The minimum Gasteiger partial charge on any atom is -0.324 e. The molecular weight excluding hydrogens is 378 g/mol. The smallest absolute Gasteiger partial charge is 0.321 e. The number of sulfone groups is 1. The third kappa shape index (κ3) is 3.73. The predicted octanol–water partition coefficient (Wildman–Crippen LogP) is 2.82. The molecule has 2 aliphatic heterocycles. The number of benzene rings is 2. The fraction of sp³-hybridized carbons (Fsp3) is 0.300. The van der Waals surface area contributed by atoms with Crippen molar-refractivity contribution in [3.63, 3.8) is 0 Å². The van der Waals surface area contributed by atoms with Crippen molar-refractivity contribution in [1.82, 2.24) is 4.90 Å². The molecule has 0 radical (unpaired) electrons. The van der Waals surface area contributed by atoms with Crippen LogP contribution in [0.2, 0.25) is 0 Å². The van der Waals surface area contributed by atoms with E-state index >= 15 is 0 Å². The van der Waals surface area contributed by atoms with E-state index in [1.807, 2.05) is 18.2 Å². The number of urea groups is 1. The van der Waals surface area contributed by atoms with Crippen LogP contribution in [0.3, 0.4) is 0 Å². The van der Waals surface area contributed by atoms with Crippen LogP contribution in [0.25, 0.3) is 0 Å². The molecule has 1 unspecified atom stereocenters. The lowest BCUT2D eigenvalue weighted by Gasteiger charge is -2.33. The third-order valence-corrected chi connectivity index (χ3v) is 6.79. The Morgan fingerprint density at radius 1 is 1.14 bits per heavy atom. The lowest BCUT2D eigenvalue weighted by molar-refractivity contribution is -0.114. The van der Waals surface area contributed by atoms with Gasteiger partial charge in [-0.05, 0) is 36.6 Å². The molecule has 8 heteroatoms. The number of likely N-dealkylation sites (tertiary alicyclic amines) is 1. The van der Waals surface area contributed by atoms with Gasteiger partial charge in [-0.2, -0.15) is 0 Å². The Labute approximate surface area is 163 Å². The third-order valence-electron chi connectivity index (χ3n) is 5.14. The van der Waals surface area contributed by atoms with Crippen LogP contribution in [-0.4, -0.2) is 44.1 Å². The summed E-state index contributed by atoms with van der Waals surface area (Å²) >= 11 is 0. The molecular formula is C20H21N3O4S. The molecule has 0 bridgehead atoms. The van der Waals surface area contributed by atoms with Crippen molar-refractivity contribution in [2.45, 2.75) is 23.7 Å². The number of nitrogens with one attached hydrogen (secondary N) is 2. The van der Waals surface area contributed by atoms with Gasteiger partial charge in [0, 0.05) is 24.7 Å². The fourth-order valence-electron chi connectivity index (χ4n) is 3.76. The summed E-state index contributed by atoms with van der Waals surface area (Å²) in [5.41, 5.74) is 1.86. The van der Waals surface area contributed by atoms with Gasteiger partial charge in [0.15, 0.2) is 9.84 Å². The number of carbonyl (C=O) groups is 2. The number of rotatable bonds is 2. The maximum absolute atomic E-state index is 12.7. The van der Waals surface area contributed by atoms with Gasteiger partial charge in [0.25, 0.3) is 0 Å². The average molecular weight is 399 g/mol. The molecule has 0 aliphatic carbocycles. The van der Waals surface area contributed by atoms with Crippen LogP contribution >= 0.6 is 0 Å². The topological polar surface area (TPSA) is 95.6 Å². The highest BCUT2D eigenvalue weighted by Gasteiger charge is 2.30. The molecule has 28 heavy (non-hydrogen) atoms. The van der Waals surface area contributed by atoms with Crippen LogP contribution in [0.15, 0.2) is 53.4 Å². The van der Waals surface area contributed by atoms with Crippen LogP contribution in [0.5, 0.6) is 0 Å². The first-order valence-electron chi connectivity index (χ1n) is 9.20. The molecule has 2 heterocycles. The number of hydrogen-bond acceptors (Lipinski definition) is 4. The molecule has 2 aliphatic rings. The SMILES string of the molecule is O=C1CS(=O)(=O)c2cc(NC(=O)N3CCCC(c4ccccc4)C3)ccc2N1. The first-order valence-corrected chi connectivity index (χ1v) is 10.9. The number of anilines is 2. The molecule has 2 aromatic rings. The van der Waals surface area contributed by atoms with Crippen LogP contribution in [-0.2, 0) is 14.6 Å². The van der Waals surface area contributed by atoms with Gasteiger partial charge >= 0.3 is 6.03 Å². The van der Waals surface area contributed by atoms with Gasteiger partial charge in [-0.3, -0.25) is 4.79 Å². The molecule has 0 spiro atoms. The molecule has 2 N–H and O–H groups in total. The Morgan fingerprint density at radius 2 is 1.93 bits per heavy atom. The van der Waals surface area contributed by atoms with Crippen LogP contribution < -0.4 is 10.6 Å². The van der Waals surface area contributed by atoms with Gasteiger partial charge in [0.05, 0.1) is 10.6 Å². The Hall–Kier alpha value is -2.87. The summed E-state index contributed by atoms with van der Waals surface area (Å²) in [7, 11) is -3.70. The van der Waals surface area contributed by atoms with Crippen molar-refractivity contribution in [3.8, 4) is 0 Å². The largest absolute Gasteiger partial charge is 0.324 e. The van der Waals surface area contributed by atoms with E-state index in [1.165, 1.54) is 17.7 Å². The highest BCUT2D eigenvalue weighted by Crippen LogP contribution is 2.30. The van der Waals surface area contributed by atoms with E-state index in [0.29, 0.717) is 24.7 Å². The number of amides is 3. The number of piperidine rings is 1. The predicted molar refractivity (Wildman–Crippen MR) is 106 cm³/mol. The Balaban J connectivity index is 1.49. The van der Waals surface area contributed by atoms with E-state index in [9.17, 15) is 18.0 Å². The normalized spacial score (nSPS) is 20.8. The van der Waals surface area contributed by atoms with Crippen LogP contribution in [0.4, 0.5) is 16.2 Å². The van der Waals surface area contributed by atoms with Crippen molar-refractivity contribution in [2.75, 3.05) is 29.5 Å². The number of hydrogen-bond donors (Lipinski definition) is 2. The lowest BCUT2D eigenvalue weighted by atomic mass is 9.91. The zero-order valence-corrected chi connectivity index (χ0v) is 16.0. The first-order chi connectivity index (χ1) is 13.4. The van der Waals surface area contributed by atoms with E-state index in [1.54, 1.807) is 11.0 Å². The van der Waals surface area contributed by atoms with Crippen molar-refractivity contribution in [2.24, 2.45) is 0 Å². The zero-order valence-electron chi connectivity index (χ0n) is 15.2. The van der Waals surface area contributed by atoms with Gasteiger partial charge in [0.2, 0.25) is 5.91 Å². The number of carbonyl (C=O) groups excluding carboxylic acids is 2. The maximum Gasteiger partial charge on any atom is 0.321 e. The van der Waals surface area contributed by atoms with Gasteiger partial charge < -0.3 is 15.5 Å². The molecule has 1 atom stereocenters. The van der Waals surface area contributed by atoms with E-state index < -0.39 is 21.5 Å². The second kappa shape index (κ2) is 7.27. The van der Waals surface area contributed by atoms with Crippen molar-refractivity contribution in [3.05, 3.63) is 54.1 Å². The van der Waals surface area contributed by atoms with Crippen molar-refractivity contribution >= 4 is 33.2 Å². The molecule has 0 saturated carbocycles. The number of fused-ring (bicyclic) bond motifs is 1. The summed E-state index contributed by atoms with van der Waals surface area (Å²) in [5, 5.41) is 5.33. The Kier molecular flexibility index (Phi) is 4.80. The van der Waals surface area contributed by atoms with Gasteiger partial charge in [-0.15, -0.1) is 0 Å². The van der Waals surface area contributed by atoms with E-state index in [0.717, 1.165) is 12.8 Å². The van der Waals surface area contributed by atoms with Crippen LogP contribution in [0.1, 0.15) is 24.3 Å². The quantitative estimate of drug-likeness (QED) is 0.812. The number of nitrogens with zero attached hydrogens (tertiary/aromatic N) is 1. The Bertz CT molecular complexity index is 1020. The standard InChI is InChI=1S/C20H21N3O4S/c24-19-13-28(26,27)18-11-16(8-9-17(18)22-19)21-20(25)23-10-4-7-15(12-23)14-5-2-1-3-6-14/h1-3,5-6,8-9,11,15H,4,7,10,12-13H2,(H,21,25)(H,22,24). The summed E-state index contributed by atoms with van der Waals surface area (Å²) in [5.74, 6) is -0.841. The Morgan fingerprint density at radius 3 is 2.71 bits per heavy atom. The summed E-state index contributed by atoms with van der Waals surface area (Å²) in [6.45, 7) is 1.28. The highest BCUT2D eigenvalue weighted by atomic mass is 32.2. The molecule has 1 fully saturated rings. The molecule has 4 rings (SSSR count).